The highest BCUT2D eigenvalue weighted by Crippen LogP contribution is 2.44. The van der Waals surface area contributed by atoms with Crippen molar-refractivity contribution in [1.82, 2.24) is 10.2 Å². The molecule has 0 aromatic heterocycles. The van der Waals surface area contributed by atoms with E-state index in [2.05, 4.69) is 29.6 Å². The van der Waals surface area contributed by atoms with Gasteiger partial charge in [0.15, 0.2) is 0 Å². The molecule has 0 saturated carbocycles. The number of nitrogens with zero attached hydrogens (tertiary/aromatic N) is 1. The number of benzene rings is 2. The van der Waals surface area contributed by atoms with Gasteiger partial charge in [-0.2, -0.15) is 0 Å². The maximum atomic E-state index is 13.2. The highest BCUT2D eigenvalue weighted by molar-refractivity contribution is 5.87. The highest BCUT2D eigenvalue weighted by atomic mass is 16.5. The van der Waals surface area contributed by atoms with Gasteiger partial charge in [-0.3, -0.25) is 9.59 Å². The van der Waals surface area contributed by atoms with Gasteiger partial charge in [0.05, 0.1) is 5.41 Å². The van der Waals surface area contributed by atoms with Gasteiger partial charge in [0.25, 0.3) is 0 Å². The Morgan fingerprint density at radius 3 is 2.24 bits per heavy atom. The van der Waals surface area contributed by atoms with E-state index in [-0.39, 0.29) is 30.9 Å². The lowest BCUT2D eigenvalue weighted by molar-refractivity contribution is -0.149. The van der Waals surface area contributed by atoms with Gasteiger partial charge in [-0.15, -0.1) is 0 Å². The molecule has 34 heavy (non-hydrogen) atoms. The molecular weight excluding hydrogens is 432 g/mol. The molecule has 7 heteroatoms. The number of alkyl carbamates (subject to hydrolysis) is 1. The van der Waals surface area contributed by atoms with Gasteiger partial charge in [-0.25, -0.2) is 4.79 Å². The van der Waals surface area contributed by atoms with E-state index < -0.39 is 23.5 Å². The van der Waals surface area contributed by atoms with Crippen molar-refractivity contribution < 1.29 is 24.2 Å². The standard InChI is InChI=1S/C27H32N2O5/c1-4-9-23(24(30)29-14-17(2)27(3,16-29)25(31)32)28-26(33)34-15-22-20-12-7-5-10-18(20)19-11-6-8-13-21(19)22/h5-8,10-13,17,22-23H,4,9,14-16H2,1-3H3,(H,28,33)(H,31,32)/t17?,23-,27?/m1/s1. The Balaban J connectivity index is 1.41. The van der Waals surface area contributed by atoms with Crippen LogP contribution in [-0.4, -0.2) is 53.7 Å². The number of hydrogen-bond acceptors (Lipinski definition) is 4. The molecule has 1 aliphatic carbocycles. The average Bonchev–Trinajstić information content (AvgIpc) is 3.32. The van der Waals surface area contributed by atoms with Crippen molar-refractivity contribution in [2.24, 2.45) is 11.3 Å². The number of amides is 2. The number of carboxylic acids is 1. The van der Waals surface area contributed by atoms with Gasteiger partial charge in [-0.05, 0) is 41.5 Å². The molecule has 2 aromatic rings. The molecule has 2 unspecified atom stereocenters. The number of aliphatic carboxylic acids is 1. The average molecular weight is 465 g/mol. The van der Waals surface area contributed by atoms with Gasteiger partial charge in [0, 0.05) is 19.0 Å². The predicted molar refractivity (Wildman–Crippen MR) is 128 cm³/mol. The number of likely N-dealkylation sites (tertiary alicyclic amines) is 1. The number of fused-ring (bicyclic) bond motifs is 3. The summed E-state index contributed by atoms with van der Waals surface area (Å²) in [6.45, 7) is 6.11. The summed E-state index contributed by atoms with van der Waals surface area (Å²) >= 11 is 0. The Morgan fingerprint density at radius 2 is 1.71 bits per heavy atom. The molecule has 0 spiro atoms. The zero-order chi connectivity index (χ0) is 24.5. The van der Waals surface area contributed by atoms with Gasteiger partial charge >= 0.3 is 12.1 Å². The van der Waals surface area contributed by atoms with Crippen molar-refractivity contribution >= 4 is 18.0 Å². The molecule has 0 bridgehead atoms. The number of hydrogen-bond donors (Lipinski definition) is 2. The Bertz CT molecular complexity index is 1050. The molecule has 180 valence electrons. The van der Waals surface area contributed by atoms with Crippen LogP contribution in [0.3, 0.4) is 0 Å². The third-order valence-electron chi connectivity index (χ3n) is 7.41. The van der Waals surface area contributed by atoms with Gasteiger partial charge in [0.1, 0.15) is 12.6 Å². The number of ether oxygens (including phenoxy) is 1. The van der Waals surface area contributed by atoms with Crippen LogP contribution in [0, 0.1) is 11.3 Å². The topological polar surface area (TPSA) is 95.9 Å². The molecule has 2 N–H and O–H groups in total. The minimum atomic E-state index is -0.990. The Kier molecular flexibility index (Phi) is 6.64. The third kappa shape index (κ3) is 4.27. The van der Waals surface area contributed by atoms with Crippen LogP contribution in [0.5, 0.6) is 0 Å². The van der Waals surface area contributed by atoms with Crippen molar-refractivity contribution in [2.45, 2.75) is 45.6 Å². The zero-order valence-electron chi connectivity index (χ0n) is 19.9. The molecular formula is C27H32N2O5. The monoisotopic (exact) mass is 464 g/mol. The summed E-state index contributed by atoms with van der Waals surface area (Å²) in [4.78, 5) is 39.2. The van der Waals surface area contributed by atoms with Crippen molar-refractivity contribution in [1.29, 1.82) is 0 Å². The minimum absolute atomic E-state index is 0.0609. The molecule has 2 aromatic carbocycles. The zero-order valence-corrected chi connectivity index (χ0v) is 19.9. The van der Waals surface area contributed by atoms with Crippen molar-refractivity contribution in [3.05, 3.63) is 59.7 Å². The largest absolute Gasteiger partial charge is 0.481 e. The van der Waals surface area contributed by atoms with E-state index >= 15 is 0 Å². The Morgan fingerprint density at radius 1 is 1.12 bits per heavy atom. The van der Waals surface area contributed by atoms with Crippen molar-refractivity contribution in [2.75, 3.05) is 19.7 Å². The summed E-state index contributed by atoms with van der Waals surface area (Å²) in [6.07, 6.45) is 0.513. The molecule has 3 atom stereocenters. The van der Waals surface area contributed by atoms with Crippen LogP contribution in [-0.2, 0) is 14.3 Å². The number of nitrogens with one attached hydrogen (secondary N) is 1. The first kappa shape index (κ1) is 23.8. The van der Waals surface area contributed by atoms with Crippen LogP contribution in [0.4, 0.5) is 4.79 Å². The predicted octanol–water partition coefficient (Wildman–Crippen LogP) is 4.26. The van der Waals surface area contributed by atoms with Crippen LogP contribution in [0.1, 0.15) is 50.7 Å². The van der Waals surface area contributed by atoms with E-state index in [9.17, 15) is 19.5 Å². The normalized spacial score (nSPS) is 22.1. The van der Waals surface area contributed by atoms with Crippen LogP contribution < -0.4 is 5.32 Å². The second-order valence-electron chi connectivity index (χ2n) is 9.65. The molecule has 1 aliphatic heterocycles. The number of carbonyl (C=O) groups excluding carboxylic acids is 2. The van der Waals surface area contributed by atoms with Gasteiger partial charge in [0.2, 0.25) is 5.91 Å². The summed E-state index contributed by atoms with van der Waals surface area (Å²) < 4.78 is 5.61. The first-order chi connectivity index (χ1) is 16.3. The molecule has 0 radical (unpaired) electrons. The molecule has 1 fully saturated rings. The second-order valence-corrected chi connectivity index (χ2v) is 9.65. The number of rotatable bonds is 7. The SMILES string of the molecule is CCC[C@@H](NC(=O)OCC1c2ccccc2-c2ccccc21)C(=O)N1CC(C)C(C)(C(=O)O)C1. The Hall–Kier alpha value is -3.35. The van der Waals surface area contributed by atoms with Gasteiger partial charge in [-0.1, -0.05) is 68.8 Å². The second kappa shape index (κ2) is 9.49. The van der Waals surface area contributed by atoms with Crippen LogP contribution >= 0.6 is 0 Å². The van der Waals surface area contributed by atoms with E-state index in [1.807, 2.05) is 38.1 Å². The summed E-state index contributed by atoms with van der Waals surface area (Å²) in [7, 11) is 0. The smallest absolute Gasteiger partial charge is 0.407 e. The fraction of sp³-hybridized carbons (Fsp3) is 0.444. The fourth-order valence-corrected chi connectivity index (χ4v) is 5.14. The summed E-state index contributed by atoms with van der Waals surface area (Å²) in [5.74, 6) is -1.40. The lowest BCUT2D eigenvalue weighted by atomic mass is 9.81. The Labute approximate surface area is 200 Å². The van der Waals surface area contributed by atoms with E-state index in [4.69, 9.17) is 4.74 Å². The van der Waals surface area contributed by atoms with E-state index in [0.717, 1.165) is 22.3 Å². The highest BCUT2D eigenvalue weighted by Gasteiger charge is 2.48. The molecule has 1 heterocycles. The van der Waals surface area contributed by atoms with Crippen molar-refractivity contribution in [3.8, 4) is 11.1 Å². The number of carbonyl (C=O) groups is 3. The number of carboxylic acid groups (broad SMARTS) is 1. The maximum absolute atomic E-state index is 13.2. The van der Waals surface area contributed by atoms with E-state index in [1.165, 1.54) is 0 Å². The third-order valence-corrected chi connectivity index (χ3v) is 7.41. The fourth-order valence-electron chi connectivity index (χ4n) is 5.14. The molecule has 2 aliphatic rings. The molecule has 7 nitrogen and oxygen atoms in total. The maximum Gasteiger partial charge on any atom is 0.407 e. The van der Waals surface area contributed by atoms with Crippen molar-refractivity contribution in [3.63, 3.8) is 0 Å². The molecule has 1 saturated heterocycles. The lowest BCUT2D eigenvalue weighted by Crippen LogP contribution is -2.49. The summed E-state index contributed by atoms with van der Waals surface area (Å²) in [5, 5.41) is 12.4. The van der Waals surface area contributed by atoms with Gasteiger partial charge < -0.3 is 20.1 Å². The minimum Gasteiger partial charge on any atom is -0.481 e. The summed E-state index contributed by atoms with van der Waals surface area (Å²) in [6, 6.07) is 15.5. The first-order valence-electron chi connectivity index (χ1n) is 11.9. The van der Waals surface area contributed by atoms with Crippen LogP contribution in [0.25, 0.3) is 11.1 Å². The first-order valence-corrected chi connectivity index (χ1v) is 11.9. The molecule has 4 rings (SSSR count). The van der Waals surface area contributed by atoms with E-state index in [1.54, 1.807) is 11.8 Å². The van der Waals surface area contributed by atoms with Crippen LogP contribution in [0.15, 0.2) is 48.5 Å². The summed E-state index contributed by atoms with van der Waals surface area (Å²) in [5.41, 5.74) is 3.55. The van der Waals surface area contributed by atoms with E-state index in [0.29, 0.717) is 19.4 Å². The quantitative estimate of drug-likeness (QED) is 0.638. The molecule has 2 amide bonds. The lowest BCUT2D eigenvalue weighted by Gasteiger charge is -2.25. The van der Waals surface area contributed by atoms with Crippen LogP contribution in [0.2, 0.25) is 0 Å².